The standard InChI is InChI=1S/C15H22ClO6P/c1-6-20-23(19,21-7-2)11-9-8-10(22-11)13(17)12(16)14(18)15(3,4)5/h8-9,12H,6-7H2,1-5H3. The summed E-state index contributed by atoms with van der Waals surface area (Å²) < 4.78 is 28.1. The third-order valence-electron chi connectivity index (χ3n) is 2.90. The summed E-state index contributed by atoms with van der Waals surface area (Å²) in [4.78, 5) is 24.4. The number of alkyl halides is 1. The van der Waals surface area contributed by atoms with Crippen LogP contribution in [0, 0.1) is 5.41 Å². The number of hydrogen-bond acceptors (Lipinski definition) is 6. The molecule has 0 aliphatic heterocycles. The first-order valence-corrected chi connectivity index (χ1v) is 9.26. The van der Waals surface area contributed by atoms with E-state index >= 15 is 0 Å². The molecule has 0 aromatic carbocycles. The second-order valence-electron chi connectivity index (χ2n) is 5.81. The third kappa shape index (κ3) is 4.77. The zero-order valence-electron chi connectivity index (χ0n) is 13.9. The quantitative estimate of drug-likeness (QED) is 0.303. The van der Waals surface area contributed by atoms with E-state index in [1.54, 1.807) is 34.6 Å². The monoisotopic (exact) mass is 364 g/mol. The maximum absolute atomic E-state index is 12.6. The Morgan fingerprint density at radius 2 is 1.74 bits per heavy atom. The number of carbonyl (C=O) groups excluding carboxylic acids is 2. The van der Waals surface area contributed by atoms with Crippen molar-refractivity contribution < 1.29 is 27.6 Å². The van der Waals surface area contributed by atoms with Crippen LogP contribution in [0.4, 0.5) is 0 Å². The first kappa shape index (κ1) is 20.1. The van der Waals surface area contributed by atoms with Gasteiger partial charge in [-0.3, -0.25) is 14.2 Å². The molecule has 0 spiro atoms. The Labute approximate surface area is 141 Å². The molecule has 0 radical (unpaired) electrons. The Balaban J connectivity index is 3.05. The van der Waals surface area contributed by atoms with Crippen molar-refractivity contribution >= 4 is 36.3 Å². The number of ketones is 2. The topological polar surface area (TPSA) is 82.8 Å². The molecule has 0 aliphatic carbocycles. The van der Waals surface area contributed by atoms with Gasteiger partial charge in [-0.05, 0) is 26.0 Å². The summed E-state index contributed by atoms with van der Waals surface area (Å²) >= 11 is 5.96. The summed E-state index contributed by atoms with van der Waals surface area (Å²) in [5, 5.41) is -1.37. The highest BCUT2D eigenvalue weighted by Gasteiger charge is 2.37. The predicted molar refractivity (Wildman–Crippen MR) is 87.6 cm³/mol. The Morgan fingerprint density at radius 1 is 1.22 bits per heavy atom. The van der Waals surface area contributed by atoms with Gasteiger partial charge in [0.1, 0.15) is 0 Å². The van der Waals surface area contributed by atoms with Gasteiger partial charge in [0.2, 0.25) is 11.3 Å². The van der Waals surface area contributed by atoms with Gasteiger partial charge >= 0.3 is 7.60 Å². The van der Waals surface area contributed by atoms with Gasteiger partial charge in [-0.25, -0.2) is 0 Å². The molecule has 0 aliphatic rings. The summed E-state index contributed by atoms with van der Waals surface area (Å²) in [6.45, 7) is 8.65. The van der Waals surface area contributed by atoms with E-state index in [1.807, 2.05) is 0 Å². The summed E-state index contributed by atoms with van der Waals surface area (Å²) in [5.74, 6) is -1.26. The fraction of sp³-hybridized carbons (Fsp3) is 0.600. The molecule has 1 aromatic rings. The molecular formula is C15H22ClO6P. The smallest absolute Gasteiger partial charge is 0.396 e. The number of Topliss-reactive ketones (excluding diaryl/α,β-unsaturated/α-hetero) is 2. The van der Waals surface area contributed by atoms with Crippen molar-refractivity contribution in [2.24, 2.45) is 5.41 Å². The van der Waals surface area contributed by atoms with Crippen LogP contribution in [0.3, 0.4) is 0 Å². The Morgan fingerprint density at radius 3 is 2.17 bits per heavy atom. The van der Waals surface area contributed by atoms with E-state index in [0.717, 1.165) is 0 Å². The van der Waals surface area contributed by atoms with Gasteiger partial charge in [0.15, 0.2) is 16.9 Å². The largest absolute Gasteiger partial charge is 0.445 e. The SMILES string of the molecule is CCOP(=O)(OCC)c1ccc(C(=O)C(Cl)C(=O)C(C)(C)C)o1. The zero-order chi connectivity index (χ0) is 17.8. The first-order valence-electron chi connectivity index (χ1n) is 7.29. The average molecular weight is 365 g/mol. The summed E-state index contributed by atoms with van der Waals surface area (Å²) in [6, 6.07) is 2.65. The fourth-order valence-electron chi connectivity index (χ4n) is 1.74. The minimum atomic E-state index is -3.62. The van der Waals surface area contributed by atoms with E-state index in [9.17, 15) is 14.2 Å². The van der Waals surface area contributed by atoms with Gasteiger partial charge in [0.05, 0.1) is 13.2 Å². The molecule has 1 aromatic heterocycles. The maximum Gasteiger partial charge on any atom is 0.396 e. The van der Waals surface area contributed by atoms with Crippen LogP contribution < -0.4 is 5.50 Å². The Kier molecular flexibility index (Phi) is 6.78. The van der Waals surface area contributed by atoms with Crippen molar-refractivity contribution in [1.82, 2.24) is 0 Å². The molecule has 1 rings (SSSR count). The van der Waals surface area contributed by atoms with E-state index in [4.69, 9.17) is 25.1 Å². The molecule has 6 nitrogen and oxygen atoms in total. The van der Waals surface area contributed by atoms with Crippen LogP contribution in [-0.4, -0.2) is 30.2 Å². The van der Waals surface area contributed by atoms with E-state index in [0.29, 0.717) is 0 Å². The highest BCUT2D eigenvalue weighted by atomic mass is 35.5. The van der Waals surface area contributed by atoms with Gasteiger partial charge in [-0.15, -0.1) is 11.6 Å². The van der Waals surface area contributed by atoms with Crippen LogP contribution in [0.1, 0.15) is 45.2 Å². The first-order chi connectivity index (χ1) is 10.6. The van der Waals surface area contributed by atoms with E-state index in [2.05, 4.69) is 0 Å². The van der Waals surface area contributed by atoms with E-state index in [1.165, 1.54) is 12.1 Å². The fourth-order valence-corrected chi connectivity index (χ4v) is 3.65. The van der Waals surface area contributed by atoms with Crippen molar-refractivity contribution in [3.8, 4) is 0 Å². The molecule has 0 saturated heterocycles. The number of carbonyl (C=O) groups is 2. The van der Waals surface area contributed by atoms with Gasteiger partial charge in [-0.2, -0.15) is 0 Å². The molecule has 0 bridgehead atoms. The van der Waals surface area contributed by atoms with Crippen LogP contribution in [0.2, 0.25) is 0 Å². The number of halogens is 1. The second-order valence-corrected chi connectivity index (χ2v) is 8.20. The molecule has 1 heterocycles. The lowest BCUT2D eigenvalue weighted by Gasteiger charge is -2.19. The van der Waals surface area contributed by atoms with Crippen LogP contribution in [-0.2, 0) is 18.4 Å². The van der Waals surface area contributed by atoms with Crippen LogP contribution in [0.5, 0.6) is 0 Å². The summed E-state index contributed by atoms with van der Waals surface area (Å²) in [5.41, 5.74) is -0.847. The molecule has 1 unspecified atom stereocenters. The van der Waals surface area contributed by atoms with Crippen molar-refractivity contribution in [1.29, 1.82) is 0 Å². The molecule has 0 saturated carbocycles. The van der Waals surface area contributed by atoms with Crippen molar-refractivity contribution in [3.05, 3.63) is 17.9 Å². The van der Waals surface area contributed by atoms with Crippen LogP contribution in [0.25, 0.3) is 0 Å². The molecule has 1 atom stereocenters. The average Bonchev–Trinajstić information content (AvgIpc) is 2.95. The molecular weight excluding hydrogens is 343 g/mol. The predicted octanol–water partition coefficient (Wildman–Crippen LogP) is 3.58. The highest BCUT2D eigenvalue weighted by Crippen LogP contribution is 2.47. The minimum Gasteiger partial charge on any atom is -0.445 e. The van der Waals surface area contributed by atoms with Crippen molar-refractivity contribution in [2.45, 2.75) is 40.0 Å². The van der Waals surface area contributed by atoms with Crippen molar-refractivity contribution in [3.63, 3.8) is 0 Å². The Bertz CT molecular complexity index is 606. The third-order valence-corrected chi connectivity index (χ3v) is 5.28. The number of hydrogen-bond donors (Lipinski definition) is 0. The maximum atomic E-state index is 12.6. The molecule has 8 heteroatoms. The van der Waals surface area contributed by atoms with Crippen molar-refractivity contribution in [2.75, 3.05) is 13.2 Å². The molecule has 0 amide bonds. The lowest BCUT2D eigenvalue weighted by Crippen LogP contribution is -2.34. The molecule has 0 N–H and O–H groups in total. The lowest BCUT2D eigenvalue weighted by atomic mass is 9.87. The molecule has 130 valence electrons. The van der Waals surface area contributed by atoms with Gasteiger partial charge in [0, 0.05) is 5.41 Å². The van der Waals surface area contributed by atoms with Gasteiger partial charge in [0.25, 0.3) is 0 Å². The van der Waals surface area contributed by atoms with E-state index in [-0.39, 0.29) is 24.5 Å². The summed E-state index contributed by atoms with van der Waals surface area (Å²) in [6.07, 6.45) is 0. The van der Waals surface area contributed by atoms with E-state index < -0.39 is 30.0 Å². The van der Waals surface area contributed by atoms with Crippen LogP contribution >= 0.6 is 19.2 Å². The van der Waals surface area contributed by atoms with Gasteiger partial charge < -0.3 is 13.5 Å². The summed E-state index contributed by atoms with van der Waals surface area (Å²) in [7, 11) is -3.62. The van der Waals surface area contributed by atoms with Crippen LogP contribution in [0.15, 0.2) is 16.5 Å². The molecule has 0 fully saturated rings. The molecule has 23 heavy (non-hydrogen) atoms. The second kappa shape index (κ2) is 7.75. The zero-order valence-corrected chi connectivity index (χ0v) is 15.6. The Hall–Kier alpha value is -0.940. The number of furan rings is 1. The normalized spacial score (nSPS) is 13.8. The lowest BCUT2D eigenvalue weighted by molar-refractivity contribution is -0.125. The van der Waals surface area contributed by atoms with Gasteiger partial charge in [-0.1, -0.05) is 20.8 Å². The highest BCUT2D eigenvalue weighted by molar-refractivity contribution is 7.61. The minimum absolute atomic E-state index is 0.0865. The number of rotatable bonds is 8.